The maximum atomic E-state index is 12.3. The summed E-state index contributed by atoms with van der Waals surface area (Å²) < 4.78 is 30.5. The van der Waals surface area contributed by atoms with E-state index in [0.29, 0.717) is 16.3 Å². The van der Waals surface area contributed by atoms with Gasteiger partial charge >= 0.3 is 5.97 Å². The number of para-hydroxylation sites is 1. The molecule has 0 saturated carbocycles. The predicted octanol–water partition coefficient (Wildman–Crippen LogP) is 3.02. The molecule has 0 saturated heterocycles. The van der Waals surface area contributed by atoms with Gasteiger partial charge in [-0.05, 0) is 29.3 Å². The molecule has 2 rings (SSSR count). The zero-order valence-corrected chi connectivity index (χ0v) is 15.0. The second kappa shape index (κ2) is 7.68. The van der Waals surface area contributed by atoms with Crippen molar-refractivity contribution in [1.82, 2.24) is 0 Å². The van der Waals surface area contributed by atoms with Crippen LogP contribution in [-0.2, 0) is 32.5 Å². The summed E-state index contributed by atoms with van der Waals surface area (Å²) in [4.78, 5) is 11.6. The molecule has 0 bridgehead atoms. The molecule has 0 unspecified atom stereocenters. The van der Waals surface area contributed by atoms with Crippen LogP contribution in [-0.4, -0.2) is 27.8 Å². The van der Waals surface area contributed by atoms with Crippen molar-refractivity contribution >= 4 is 33.3 Å². The summed E-state index contributed by atoms with van der Waals surface area (Å²) in [5.41, 5.74) is 1.83. The van der Waals surface area contributed by atoms with Crippen LogP contribution < -0.4 is 4.31 Å². The number of nitrogens with zero attached hydrogens (tertiary/aromatic N) is 1. The second-order valence-electron chi connectivity index (χ2n) is 5.28. The van der Waals surface area contributed by atoms with Crippen molar-refractivity contribution in [3.63, 3.8) is 0 Å². The molecule has 0 aliphatic carbocycles. The van der Waals surface area contributed by atoms with Crippen LogP contribution in [0.2, 0.25) is 5.02 Å². The van der Waals surface area contributed by atoms with Crippen LogP contribution in [0.1, 0.15) is 11.1 Å². The van der Waals surface area contributed by atoms with E-state index in [4.69, 9.17) is 11.6 Å². The maximum Gasteiger partial charge on any atom is 0.310 e. The zero-order valence-electron chi connectivity index (χ0n) is 13.4. The van der Waals surface area contributed by atoms with Crippen LogP contribution in [0.25, 0.3) is 0 Å². The van der Waals surface area contributed by atoms with Crippen LogP contribution >= 0.6 is 11.6 Å². The highest BCUT2D eigenvalue weighted by Crippen LogP contribution is 2.26. The molecular formula is C17H18ClNO4S. The predicted molar refractivity (Wildman–Crippen MR) is 94.6 cm³/mol. The molecule has 0 aliphatic rings. The molecule has 24 heavy (non-hydrogen) atoms. The van der Waals surface area contributed by atoms with Gasteiger partial charge in [0, 0.05) is 5.02 Å². The highest BCUT2D eigenvalue weighted by atomic mass is 35.5. The summed E-state index contributed by atoms with van der Waals surface area (Å²) in [5.74, 6) is -0.428. The van der Waals surface area contributed by atoms with Gasteiger partial charge < -0.3 is 4.74 Å². The van der Waals surface area contributed by atoms with Gasteiger partial charge in [-0.3, -0.25) is 9.10 Å². The third kappa shape index (κ3) is 4.72. The Morgan fingerprint density at radius 2 is 1.75 bits per heavy atom. The van der Waals surface area contributed by atoms with Crippen LogP contribution in [0.5, 0.6) is 0 Å². The lowest BCUT2D eigenvalue weighted by molar-refractivity contribution is -0.139. The van der Waals surface area contributed by atoms with Gasteiger partial charge in [0.1, 0.15) is 0 Å². The van der Waals surface area contributed by atoms with Gasteiger partial charge in [-0.2, -0.15) is 0 Å². The normalized spacial score (nSPS) is 11.1. The summed E-state index contributed by atoms with van der Waals surface area (Å²) in [6.07, 6.45) is 1.14. The number of ether oxygens (including phenoxy) is 1. The minimum absolute atomic E-state index is 0.000683. The Kier molecular flexibility index (Phi) is 5.85. The van der Waals surface area contributed by atoms with E-state index in [0.717, 1.165) is 11.8 Å². The van der Waals surface area contributed by atoms with E-state index >= 15 is 0 Å². The van der Waals surface area contributed by atoms with Gasteiger partial charge in [-0.25, -0.2) is 8.42 Å². The molecule has 2 aromatic carbocycles. The number of carbonyl (C=O) groups is 1. The Bertz CT molecular complexity index is 819. The van der Waals surface area contributed by atoms with Crippen molar-refractivity contribution < 1.29 is 17.9 Å². The fourth-order valence-corrected chi connectivity index (χ4v) is 3.31. The molecule has 7 heteroatoms. The van der Waals surface area contributed by atoms with E-state index in [1.165, 1.54) is 11.4 Å². The molecule has 0 aliphatic heterocycles. The van der Waals surface area contributed by atoms with Crippen molar-refractivity contribution in [2.24, 2.45) is 0 Å². The second-order valence-corrected chi connectivity index (χ2v) is 7.62. The summed E-state index contributed by atoms with van der Waals surface area (Å²) in [6.45, 7) is 0.147. The van der Waals surface area contributed by atoms with Crippen molar-refractivity contribution in [3.05, 3.63) is 64.7 Å². The van der Waals surface area contributed by atoms with Gasteiger partial charge in [0.25, 0.3) is 0 Å². The lowest BCUT2D eigenvalue weighted by Gasteiger charge is -2.25. The number of halogens is 1. The number of hydrogen-bond donors (Lipinski definition) is 0. The van der Waals surface area contributed by atoms with Gasteiger partial charge in [-0.15, -0.1) is 0 Å². The molecule has 0 heterocycles. The molecule has 0 N–H and O–H groups in total. The molecule has 0 spiro atoms. The molecule has 128 valence electrons. The van der Waals surface area contributed by atoms with Crippen molar-refractivity contribution in [2.75, 3.05) is 17.7 Å². The van der Waals surface area contributed by atoms with E-state index in [1.807, 2.05) is 0 Å². The van der Waals surface area contributed by atoms with Crippen LogP contribution in [0.3, 0.4) is 0 Å². The quantitative estimate of drug-likeness (QED) is 0.736. The van der Waals surface area contributed by atoms with E-state index in [1.54, 1.807) is 48.5 Å². The minimum atomic E-state index is -3.54. The highest BCUT2D eigenvalue weighted by molar-refractivity contribution is 7.92. The number of anilines is 1. The first-order valence-electron chi connectivity index (χ1n) is 7.18. The van der Waals surface area contributed by atoms with Crippen LogP contribution in [0.4, 0.5) is 5.69 Å². The molecule has 0 aromatic heterocycles. The SMILES string of the molecule is COC(=O)Cc1ccccc1N(Cc1ccc(Cl)cc1)S(C)(=O)=O. The van der Waals surface area contributed by atoms with E-state index in [9.17, 15) is 13.2 Å². The smallest absolute Gasteiger partial charge is 0.310 e. The molecule has 5 nitrogen and oxygen atoms in total. The monoisotopic (exact) mass is 367 g/mol. The Balaban J connectivity index is 2.42. The molecule has 0 fully saturated rings. The average molecular weight is 368 g/mol. The molecule has 0 radical (unpaired) electrons. The number of benzene rings is 2. The van der Waals surface area contributed by atoms with Gasteiger partial charge in [0.15, 0.2) is 0 Å². The van der Waals surface area contributed by atoms with Crippen molar-refractivity contribution in [1.29, 1.82) is 0 Å². The fourth-order valence-electron chi connectivity index (χ4n) is 2.27. The van der Waals surface area contributed by atoms with E-state index < -0.39 is 16.0 Å². The molecular weight excluding hydrogens is 350 g/mol. The van der Waals surface area contributed by atoms with Gasteiger partial charge in [0.2, 0.25) is 10.0 Å². The number of esters is 1. The number of carbonyl (C=O) groups excluding carboxylic acids is 1. The fraction of sp³-hybridized carbons (Fsp3) is 0.235. The Morgan fingerprint density at radius 3 is 2.33 bits per heavy atom. The number of rotatable bonds is 6. The number of hydrogen-bond acceptors (Lipinski definition) is 4. The lowest BCUT2D eigenvalue weighted by atomic mass is 10.1. The standard InChI is InChI=1S/C17H18ClNO4S/c1-23-17(20)11-14-5-3-4-6-16(14)19(24(2,21)22)12-13-7-9-15(18)10-8-13/h3-10H,11-12H2,1-2H3. The van der Waals surface area contributed by atoms with Gasteiger partial charge in [-0.1, -0.05) is 41.9 Å². The molecule has 2 aromatic rings. The Labute approximate surface area is 146 Å². The van der Waals surface area contributed by atoms with Crippen LogP contribution in [0, 0.1) is 0 Å². The van der Waals surface area contributed by atoms with Gasteiger partial charge in [0.05, 0.1) is 32.0 Å². The lowest BCUT2D eigenvalue weighted by Crippen LogP contribution is -2.30. The van der Waals surface area contributed by atoms with Crippen molar-refractivity contribution in [3.8, 4) is 0 Å². The minimum Gasteiger partial charge on any atom is -0.469 e. The summed E-state index contributed by atoms with van der Waals surface area (Å²) in [7, 11) is -2.24. The maximum absolute atomic E-state index is 12.3. The molecule has 0 atom stereocenters. The topological polar surface area (TPSA) is 63.7 Å². The van der Waals surface area contributed by atoms with E-state index in [-0.39, 0.29) is 13.0 Å². The van der Waals surface area contributed by atoms with Crippen molar-refractivity contribution in [2.45, 2.75) is 13.0 Å². The zero-order chi connectivity index (χ0) is 17.7. The third-order valence-corrected chi connectivity index (χ3v) is 4.84. The summed E-state index contributed by atoms with van der Waals surface area (Å²) >= 11 is 5.87. The number of methoxy groups -OCH3 is 1. The first kappa shape index (κ1) is 18.3. The first-order chi connectivity index (χ1) is 11.3. The largest absolute Gasteiger partial charge is 0.469 e. The Morgan fingerprint density at radius 1 is 1.12 bits per heavy atom. The highest BCUT2D eigenvalue weighted by Gasteiger charge is 2.21. The molecule has 0 amide bonds. The summed E-state index contributed by atoms with van der Waals surface area (Å²) in [6, 6.07) is 13.8. The first-order valence-corrected chi connectivity index (χ1v) is 9.41. The number of sulfonamides is 1. The third-order valence-electron chi connectivity index (χ3n) is 3.46. The van der Waals surface area contributed by atoms with Crippen LogP contribution in [0.15, 0.2) is 48.5 Å². The summed E-state index contributed by atoms with van der Waals surface area (Å²) in [5, 5.41) is 0.579. The van der Waals surface area contributed by atoms with E-state index in [2.05, 4.69) is 4.74 Å². The Hall–Kier alpha value is -2.05. The average Bonchev–Trinajstić information content (AvgIpc) is 2.54.